The van der Waals surface area contributed by atoms with Crippen molar-refractivity contribution < 1.29 is 9.59 Å². The summed E-state index contributed by atoms with van der Waals surface area (Å²) in [6.45, 7) is 7.36. The molecule has 1 aliphatic heterocycles. The Hall–Kier alpha value is -1.91. The molecule has 0 aliphatic carbocycles. The van der Waals surface area contributed by atoms with Crippen LogP contribution in [0.15, 0.2) is 18.3 Å². The van der Waals surface area contributed by atoms with Gasteiger partial charge in [-0.2, -0.15) is 0 Å². The maximum Gasteiger partial charge on any atom is 0.315 e. The minimum Gasteiger partial charge on any atom is -0.334 e. The van der Waals surface area contributed by atoms with E-state index < -0.39 is 11.8 Å². The average molecular weight is 275 g/mol. The molecule has 1 saturated heterocycles. The van der Waals surface area contributed by atoms with Crippen molar-refractivity contribution in [2.75, 3.05) is 18.4 Å². The molecule has 2 atom stereocenters. The van der Waals surface area contributed by atoms with Crippen molar-refractivity contribution in [3.8, 4) is 0 Å². The van der Waals surface area contributed by atoms with E-state index in [2.05, 4.69) is 24.1 Å². The van der Waals surface area contributed by atoms with Gasteiger partial charge in [-0.1, -0.05) is 19.9 Å². The molecule has 5 heteroatoms. The number of amides is 2. The van der Waals surface area contributed by atoms with Crippen LogP contribution in [-0.4, -0.2) is 34.8 Å². The third-order valence-electron chi connectivity index (χ3n) is 3.59. The Bertz CT molecular complexity index is 506. The van der Waals surface area contributed by atoms with E-state index in [0.29, 0.717) is 30.7 Å². The van der Waals surface area contributed by atoms with Gasteiger partial charge in [0.15, 0.2) is 0 Å². The minimum absolute atomic E-state index is 0.437. The van der Waals surface area contributed by atoms with Gasteiger partial charge in [-0.3, -0.25) is 9.59 Å². The maximum atomic E-state index is 12.2. The molecule has 1 fully saturated rings. The van der Waals surface area contributed by atoms with Crippen LogP contribution < -0.4 is 5.32 Å². The normalized spacial score (nSPS) is 22.4. The number of aromatic nitrogens is 1. The molecule has 1 aliphatic rings. The van der Waals surface area contributed by atoms with Crippen LogP contribution >= 0.6 is 0 Å². The molecule has 2 rings (SSSR count). The van der Waals surface area contributed by atoms with E-state index in [-0.39, 0.29) is 0 Å². The van der Waals surface area contributed by atoms with Gasteiger partial charge < -0.3 is 10.2 Å². The summed E-state index contributed by atoms with van der Waals surface area (Å²) >= 11 is 0. The second kappa shape index (κ2) is 6.03. The zero-order valence-corrected chi connectivity index (χ0v) is 12.2. The van der Waals surface area contributed by atoms with Crippen LogP contribution in [0.2, 0.25) is 0 Å². The van der Waals surface area contributed by atoms with E-state index in [9.17, 15) is 9.59 Å². The van der Waals surface area contributed by atoms with Crippen LogP contribution in [0.3, 0.4) is 0 Å². The Morgan fingerprint density at radius 1 is 1.30 bits per heavy atom. The lowest BCUT2D eigenvalue weighted by Gasteiger charge is -2.34. The molecule has 5 nitrogen and oxygen atoms in total. The molecule has 0 saturated carbocycles. The topological polar surface area (TPSA) is 62.3 Å². The Balaban J connectivity index is 2.02. The summed E-state index contributed by atoms with van der Waals surface area (Å²) in [5, 5.41) is 2.60. The van der Waals surface area contributed by atoms with Crippen LogP contribution in [0.5, 0.6) is 0 Å². The van der Waals surface area contributed by atoms with Crippen LogP contribution in [0.1, 0.15) is 25.8 Å². The number of piperidine rings is 1. The number of pyridine rings is 1. The highest BCUT2D eigenvalue weighted by atomic mass is 16.2. The Labute approximate surface area is 119 Å². The smallest absolute Gasteiger partial charge is 0.315 e. The SMILES string of the molecule is Cc1cccnc1NC(=O)C(=O)N1CC(C)CC(C)C1. The highest BCUT2D eigenvalue weighted by Gasteiger charge is 2.29. The van der Waals surface area contributed by atoms with E-state index in [1.807, 2.05) is 13.0 Å². The summed E-state index contributed by atoms with van der Waals surface area (Å²) in [4.78, 5) is 29.9. The number of hydrogen-bond acceptors (Lipinski definition) is 3. The fraction of sp³-hybridized carbons (Fsp3) is 0.533. The van der Waals surface area contributed by atoms with Gasteiger partial charge in [0.2, 0.25) is 0 Å². The third-order valence-corrected chi connectivity index (χ3v) is 3.59. The van der Waals surface area contributed by atoms with E-state index in [0.717, 1.165) is 12.0 Å². The van der Waals surface area contributed by atoms with Gasteiger partial charge >= 0.3 is 11.8 Å². The molecule has 0 spiro atoms. The summed E-state index contributed by atoms with van der Waals surface area (Å²) in [6.07, 6.45) is 2.70. The second-order valence-electron chi connectivity index (χ2n) is 5.78. The predicted octanol–water partition coefficient (Wildman–Crippen LogP) is 1.83. The largest absolute Gasteiger partial charge is 0.334 e. The molecular weight excluding hydrogens is 254 g/mol. The van der Waals surface area contributed by atoms with Crippen molar-refractivity contribution in [1.29, 1.82) is 0 Å². The molecule has 1 aromatic rings. The lowest BCUT2D eigenvalue weighted by atomic mass is 9.92. The Kier molecular flexibility index (Phi) is 4.37. The Morgan fingerprint density at radius 3 is 2.55 bits per heavy atom. The van der Waals surface area contributed by atoms with E-state index in [4.69, 9.17) is 0 Å². The number of likely N-dealkylation sites (tertiary alicyclic amines) is 1. The van der Waals surface area contributed by atoms with Gasteiger partial charge in [0.1, 0.15) is 5.82 Å². The van der Waals surface area contributed by atoms with Crippen LogP contribution in [0.4, 0.5) is 5.82 Å². The standard InChI is InChI=1S/C15H21N3O2/c1-10-7-11(2)9-18(8-10)15(20)14(19)17-13-12(3)5-4-6-16-13/h4-6,10-11H,7-9H2,1-3H3,(H,16,17,19). The summed E-state index contributed by atoms with van der Waals surface area (Å²) < 4.78 is 0. The number of nitrogens with one attached hydrogen (secondary N) is 1. The molecule has 20 heavy (non-hydrogen) atoms. The minimum atomic E-state index is -0.604. The van der Waals surface area contributed by atoms with E-state index in [1.165, 1.54) is 0 Å². The van der Waals surface area contributed by atoms with Crippen molar-refractivity contribution in [3.63, 3.8) is 0 Å². The van der Waals surface area contributed by atoms with Crippen molar-refractivity contribution in [2.45, 2.75) is 27.2 Å². The zero-order chi connectivity index (χ0) is 14.7. The molecule has 2 amide bonds. The molecule has 2 heterocycles. The highest BCUT2D eigenvalue weighted by Crippen LogP contribution is 2.21. The third kappa shape index (κ3) is 3.35. The van der Waals surface area contributed by atoms with E-state index >= 15 is 0 Å². The van der Waals surface area contributed by atoms with Gasteiger partial charge in [-0.05, 0) is 36.8 Å². The fourth-order valence-corrected chi connectivity index (χ4v) is 2.75. The fourth-order valence-electron chi connectivity index (χ4n) is 2.75. The number of carbonyl (C=O) groups is 2. The molecule has 2 unspecified atom stereocenters. The molecule has 1 N–H and O–H groups in total. The first-order valence-corrected chi connectivity index (χ1v) is 6.99. The monoisotopic (exact) mass is 275 g/mol. The predicted molar refractivity (Wildman–Crippen MR) is 77.1 cm³/mol. The number of aryl methyl sites for hydroxylation is 1. The lowest BCUT2D eigenvalue weighted by molar-refractivity contribution is -0.145. The molecule has 0 aromatic carbocycles. The van der Waals surface area contributed by atoms with Gasteiger partial charge in [-0.25, -0.2) is 4.98 Å². The highest BCUT2D eigenvalue weighted by molar-refractivity contribution is 6.39. The summed E-state index contributed by atoms with van der Waals surface area (Å²) in [6, 6.07) is 3.64. The van der Waals surface area contributed by atoms with Crippen molar-refractivity contribution >= 4 is 17.6 Å². The van der Waals surface area contributed by atoms with Gasteiger partial charge in [-0.15, -0.1) is 0 Å². The first kappa shape index (κ1) is 14.5. The summed E-state index contributed by atoms with van der Waals surface area (Å²) in [5.41, 5.74) is 0.842. The van der Waals surface area contributed by atoms with E-state index in [1.54, 1.807) is 17.2 Å². The number of hydrogen-bond donors (Lipinski definition) is 1. The number of rotatable bonds is 1. The summed E-state index contributed by atoms with van der Waals surface area (Å²) in [5.74, 6) is 0.254. The molecule has 1 aromatic heterocycles. The molecule has 0 radical (unpaired) electrons. The van der Waals surface area contributed by atoms with Crippen molar-refractivity contribution in [2.24, 2.45) is 11.8 Å². The second-order valence-corrected chi connectivity index (χ2v) is 5.78. The summed E-state index contributed by atoms with van der Waals surface area (Å²) in [7, 11) is 0. The average Bonchev–Trinajstić information content (AvgIpc) is 2.39. The van der Waals surface area contributed by atoms with Gasteiger partial charge in [0, 0.05) is 19.3 Å². The Morgan fingerprint density at radius 2 is 1.95 bits per heavy atom. The quantitative estimate of drug-likeness (QED) is 0.795. The van der Waals surface area contributed by atoms with Gasteiger partial charge in [0.25, 0.3) is 0 Å². The lowest BCUT2D eigenvalue weighted by Crippen LogP contribution is -2.47. The van der Waals surface area contributed by atoms with Crippen LogP contribution in [0.25, 0.3) is 0 Å². The maximum absolute atomic E-state index is 12.2. The molecule has 108 valence electrons. The number of carbonyl (C=O) groups excluding carboxylic acids is 2. The molecular formula is C15H21N3O2. The van der Waals surface area contributed by atoms with Crippen LogP contribution in [-0.2, 0) is 9.59 Å². The first-order valence-electron chi connectivity index (χ1n) is 6.99. The molecule has 0 bridgehead atoms. The van der Waals surface area contributed by atoms with Crippen molar-refractivity contribution in [1.82, 2.24) is 9.88 Å². The first-order chi connectivity index (χ1) is 9.47. The number of anilines is 1. The van der Waals surface area contributed by atoms with Crippen LogP contribution in [0, 0.1) is 18.8 Å². The van der Waals surface area contributed by atoms with Gasteiger partial charge in [0.05, 0.1) is 0 Å². The number of nitrogens with zero attached hydrogens (tertiary/aromatic N) is 2. The van der Waals surface area contributed by atoms with Crippen molar-refractivity contribution in [3.05, 3.63) is 23.9 Å². The zero-order valence-electron chi connectivity index (χ0n) is 12.2.